The molecule has 0 aliphatic rings. The summed E-state index contributed by atoms with van der Waals surface area (Å²) >= 11 is 5.77. The van der Waals surface area contributed by atoms with Crippen LogP contribution in [0, 0.1) is 0 Å². The maximum absolute atomic E-state index is 11.3. The number of aromatic amines is 1. The number of rotatable bonds is 1. The molecule has 5 nitrogen and oxygen atoms in total. The Hall–Kier alpha value is -1.75. The van der Waals surface area contributed by atoms with Crippen LogP contribution in [0.4, 0.5) is 5.95 Å². The van der Waals surface area contributed by atoms with E-state index in [4.69, 9.17) is 17.3 Å². The number of halogens is 1. The van der Waals surface area contributed by atoms with Gasteiger partial charge in [-0.25, -0.2) is 4.79 Å². The van der Waals surface area contributed by atoms with Gasteiger partial charge in [-0.05, 0) is 18.2 Å². The fraction of sp³-hybridized carbons (Fsp3) is 0. The molecule has 3 N–H and O–H groups in total. The number of hydrogen-bond acceptors (Lipinski definition) is 3. The van der Waals surface area contributed by atoms with E-state index in [-0.39, 0.29) is 11.6 Å². The first-order chi connectivity index (χ1) is 6.66. The van der Waals surface area contributed by atoms with E-state index in [0.29, 0.717) is 10.7 Å². The predicted octanol–water partition coefficient (Wildman–Crippen LogP) is 0.796. The van der Waals surface area contributed by atoms with E-state index in [1.807, 2.05) is 0 Å². The molecule has 0 saturated carbocycles. The smallest absolute Gasteiger partial charge is 0.349 e. The van der Waals surface area contributed by atoms with Crippen molar-refractivity contribution in [3.8, 4) is 5.69 Å². The van der Waals surface area contributed by atoms with Gasteiger partial charge in [0.1, 0.15) is 0 Å². The van der Waals surface area contributed by atoms with E-state index < -0.39 is 0 Å². The van der Waals surface area contributed by atoms with Crippen molar-refractivity contribution in [1.82, 2.24) is 14.8 Å². The number of nitrogen functional groups attached to an aromatic ring is 1. The third-order valence-corrected chi connectivity index (χ3v) is 1.92. The monoisotopic (exact) mass is 210 g/mol. The van der Waals surface area contributed by atoms with Gasteiger partial charge in [-0.3, -0.25) is 4.98 Å². The van der Waals surface area contributed by atoms with Crippen molar-refractivity contribution in [3.05, 3.63) is 39.8 Å². The number of benzene rings is 1. The first-order valence-electron chi connectivity index (χ1n) is 3.87. The Bertz CT molecular complexity index is 516. The lowest BCUT2D eigenvalue weighted by Gasteiger charge is -1.98. The molecule has 0 aliphatic heterocycles. The minimum absolute atomic E-state index is 0.0787. The summed E-state index contributed by atoms with van der Waals surface area (Å²) in [6.07, 6.45) is 0. The van der Waals surface area contributed by atoms with Crippen LogP contribution in [0.1, 0.15) is 0 Å². The van der Waals surface area contributed by atoms with Crippen LogP contribution in [0.2, 0.25) is 5.02 Å². The van der Waals surface area contributed by atoms with Gasteiger partial charge >= 0.3 is 5.69 Å². The summed E-state index contributed by atoms with van der Waals surface area (Å²) in [6, 6.07) is 6.79. The lowest BCUT2D eigenvalue weighted by Crippen LogP contribution is -2.15. The Morgan fingerprint density at radius 2 is 2.29 bits per heavy atom. The third kappa shape index (κ3) is 1.49. The van der Waals surface area contributed by atoms with E-state index in [1.165, 1.54) is 0 Å². The molecule has 0 radical (unpaired) electrons. The van der Waals surface area contributed by atoms with E-state index in [0.717, 1.165) is 4.68 Å². The van der Waals surface area contributed by atoms with Crippen LogP contribution in [0.25, 0.3) is 5.69 Å². The zero-order chi connectivity index (χ0) is 10.1. The molecule has 14 heavy (non-hydrogen) atoms. The summed E-state index contributed by atoms with van der Waals surface area (Å²) in [5.74, 6) is 0.0787. The second-order valence-electron chi connectivity index (χ2n) is 2.71. The zero-order valence-electron chi connectivity index (χ0n) is 7.07. The minimum atomic E-state index is -0.384. The van der Waals surface area contributed by atoms with Gasteiger partial charge in [0.05, 0.1) is 5.69 Å². The van der Waals surface area contributed by atoms with Crippen LogP contribution in [0.5, 0.6) is 0 Å². The normalized spacial score (nSPS) is 10.4. The summed E-state index contributed by atoms with van der Waals surface area (Å²) in [4.78, 5) is 13.6. The summed E-state index contributed by atoms with van der Waals surface area (Å²) < 4.78 is 1.15. The topological polar surface area (TPSA) is 76.7 Å². The summed E-state index contributed by atoms with van der Waals surface area (Å²) in [5.41, 5.74) is 5.53. The first-order valence-corrected chi connectivity index (χ1v) is 4.25. The van der Waals surface area contributed by atoms with Crippen molar-refractivity contribution in [2.45, 2.75) is 0 Å². The molecular formula is C8H7ClN4O. The number of nitrogens with two attached hydrogens (primary N) is 1. The Morgan fingerprint density at radius 1 is 1.50 bits per heavy atom. The van der Waals surface area contributed by atoms with Crippen molar-refractivity contribution < 1.29 is 0 Å². The Kier molecular flexibility index (Phi) is 2.01. The molecule has 0 aliphatic carbocycles. The van der Waals surface area contributed by atoms with E-state index in [1.54, 1.807) is 24.3 Å². The van der Waals surface area contributed by atoms with Crippen LogP contribution >= 0.6 is 11.6 Å². The van der Waals surface area contributed by atoms with Crippen LogP contribution in [0.3, 0.4) is 0 Å². The summed E-state index contributed by atoms with van der Waals surface area (Å²) in [6.45, 7) is 0. The highest BCUT2D eigenvalue weighted by Crippen LogP contribution is 2.12. The lowest BCUT2D eigenvalue weighted by molar-refractivity contribution is 0.846. The second-order valence-corrected chi connectivity index (χ2v) is 3.14. The Labute approximate surface area is 84.1 Å². The first kappa shape index (κ1) is 8.83. The van der Waals surface area contributed by atoms with Crippen molar-refractivity contribution in [3.63, 3.8) is 0 Å². The number of aromatic nitrogens is 3. The number of hydrogen-bond donors (Lipinski definition) is 2. The largest absolute Gasteiger partial charge is 0.368 e. The molecule has 0 unspecified atom stereocenters. The van der Waals surface area contributed by atoms with Gasteiger partial charge in [0.15, 0.2) is 0 Å². The molecular weight excluding hydrogens is 204 g/mol. The molecule has 6 heteroatoms. The van der Waals surface area contributed by atoms with Crippen molar-refractivity contribution >= 4 is 17.5 Å². The van der Waals surface area contributed by atoms with Gasteiger partial charge in [-0.1, -0.05) is 17.7 Å². The van der Waals surface area contributed by atoms with Gasteiger partial charge in [-0.2, -0.15) is 4.68 Å². The molecule has 0 fully saturated rings. The molecule has 2 aromatic rings. The van der Waals surface area contributed by atoms with Crippen LogP contribution in [0.15, 0.2) is 29.1 Å². The van der Waals surface area contributed by atoms with Gasteiger partial charge in [0.2, 0.25) is 5.95 Å². The molecule has 1 aromatic heterocycles. The van der Waals surface area contributed by atoms with Crippen LogP contribution < -0.4 is 11.4 Å². The predicted molar refractivity (Wildman–Crippen MR) is 53.6 cm³/mol. The highest BCUT2D eigenvalue weighted by Gasteiger charge is 2.04. The van der Waals surface area contributed by atoms with Crippen LogP contribution in [-0.2, 0) is 0 Å². The molecule has 0 bridgehead atoms. The highest BCUT2D eigenvalue weighted by molar-refractivity contribution is 6.30. The number of nitrogens with zero attached hydrogens (tertiary/aromatic N) is 2. The maximum Gasteiger partial charge on any atom is 0.349 e. The van der Waals surface area contributed by atoms with Gasteiger partial charge in [-0.15, -0.1) is 5.10 Å². The van der Waals surface area contributed by atoms with Crippen molar-refractivity contribution in [2.75, 3.05) is 5.73 Å². The molecule has 1 heterocycles. The Balaban J connectivity index is 2.60. The Morgan fingerprint density at radius 3 is 2.86 bits per heavy atom. The minimum Gasteiger partial charge on any atom is -0.368 e. The number of anilines is 1. The molecule has 1 aromatic carbocycles. The summed E-state index contributed by atoms with van der Waals surface area (Å²) in [5, 5.41) is 4.33. The van der Waals surface area contributed by atoms with E-state index in [9.17, 15) is 4.79 Å². The van der Waals surface area contributed by atoms with E-state index >= 15 is 0 Å². The van der Waals surface area contributed by atoms with E-state index in [2.05, 4.69) is 10.1 Å². The third-order valence-electron chi connectivity index (χ3n) is 1.69. The quantitative estimate of drug-likeness (QED) is 0.731. The molecule has 2 rings (SSSR count). The second kappa shape index (κ2) is 3.19. The van der Waals surface area contributed by atoms with Gasteiger partial charge in [0, 0.05) is 5.02 Å². The highest BCUT2D eigenvalue weighted by atomic mass is 35.5. The SMILES string of the molecule is Nc1nn(-c2cccc(Cl)c2)c(=O)[nH]1. The average Bonchev–Trinajstić information content (AvgIpc) is 2.45. The molecule has 72 valence electrons. The zero-order valence-corrected chi connectivity index (χ0v) is 7.82. The van der Waals surface area contributed by atoms with Crippen LogP contribution in [-0.4, -0.2) is 14.8 Å². The molecule has 0 atom stereocenters. The fourth-order valence-electron chi connectivity index (χ4n) is 1.12. The summed E-state index contributed by atoms with van der Waals surface area (Å²) in [7, 11) is 0. The van der Waals surface area contributed by atoms with Crippen molar-refractivity contribution in [2.24, 2.45) is 0 Å². The number of H-pyrrole nitrogens is 1. The fourth-order valence-corrected chi connectivity index (χ4v) is 1.31. The molecule has 0 amide bonds. The van der Waals surface area contributed by atoms with Crippen molar-refractivity contribution in [1.29, 1.82) is 0 Å². The van der Waals surface area contributed by atoms with Gasteiger partial charge < -0.3 is 5.73 Å². The van der Waals surface area contributed by atoms with Gasteiger partial charge in [0.25, 0.3) is 0 Å². The standard InChI is InChI=1S/C8H7ClN4O/c9-5-2-1-3-6(4-5)13-8(14)11-7(10)12-13/h1-4H,(H3,10,11,12,14). The molecule has 0 saturated heterocycles. The number of nitrogens with one attached hydrogen (secondary N) is 1. The molecule has 0 spiro atoms. The average molecular weight is 211 g/mol. The lowest BCUT2D eigenvalue weighted by atomic mass is 10.3. The maximum atomic E-state index is 11.3.